The van der Waals surface area contributed by atoms with Crippen molar-refractivity contribution in [2.45, 2.75) is 19.4 Å². The number of methoxy groups -OCH3 is 1. The molecule has 1 aromatic carbocycles. The second-order valence-electron chi connectivity index (χ2n) is 5.08. The summed E-state index contributed by atoms with van der Waals surface area (Å²) in [7, 11) is 3.43. The quantitative estimate of drug-likeness (QED) is 0.234. The van der Waals surface area contributed by atoms with Gasteiger partial charge in [0.25, 0.3) is 0 Å². The largest absolute Gasteiger partial charge is 0.489 e. The summed E-state index contributed by atoms with van der Waals surface area (Å²) >= 11 is 0. The Hall–Kier alpha value is -1.06. The fourth-order valence-corrected chi connectivity index (χ4v) is 1.86. The molecule has 138 valence electrons. The number of rotatable bonds is 11. The predicted octanol–water partition coefficient (Wildman–Crippen LogP) is 2.29. The van der Waals surface area contributed by atoms with Crippen LogP contribution in [0.5, 0.6) is 5.75 Å². The van der Waals surface area contributed by atoms with Gasteiger partial charge >= 0.3 is 0 Å². The molecule has 24 heavy (non-hydrogen) atoms. The zero-order valence-corrected chi connectivity index (χ0v) is 17.1. The lowest BCUT2D eigenvalue weighted by atomic mass is 10.3. The number of hydrogen-bond donors (Lipinski definition) is 2. The Balaban J connectivity index is 0.00000529. The van der Waals surface area contributed by atoms with Crippen molar-refractivity contribution in [2.24, 2.45) is 4.99 Å². The van der Waals surface area contributed by atoms with Crippen molar-refractivity contribution in [3.05, 3.63) is 30.3 Å². The van der Waals surface area contributed by atoms with Crippen molar-refractivity contribution < 1.29 is 14.2 Å². The lowest BCUT2D eigenvalue weighted by molar-refractivity contribution is 0.0698. The zero-order valence-electron chi connectivity index (χ0n) is 14.8. The Morgan fingerprint density at radius 1 is 1.12 bits per heavy atom. The molecule has 1 unspecified atom stereocenters. The first-order valence-corrected chi connectivity index (χ1v) is 7.99. The summed E-state index contributed by atoms with van der Waals surface area (Å²) in [5, 5.41) is 6.51. The Kier molecular flexibility index (Phi) is 14.8. The number of nitrogens with zero attached hydrogens (tertiary/aromatic N) is 1. The van der Waals surface area contributed by atoms with E-state index in [0.29, 0.717) is 26.4 Å². The maximum Gasteiger partial charge on any atom is 0.191 e. The van der Waals surface area contributed by atoms with Gasteiger partial charge in [0.05, 0.1) is 19.8 Å². The van der Waals surface area contributed by atoms with Crippen molar-refractivity contribution in [2.75, 3.05) is 47.1 Å². The molecule has 0 fully saturated rings. The van der Waals surface area contributed by atoms with E-state index in [4.69, 9.17) is 14.2 Å². The van der Waals surface area contributed by atoms with Gasteiger partial charge in [-0.15, -0.1) is 24.0 Å². The Morgan fingerprint density at radius 3 is 2.54 bits per heavy atom. The maximum atomic E-state index is 5.81. The minimum absolute atomic E-state index is 0. The fourth-order valence-electron chi connectivity index (χ4n) is 1.86. The monoisotopic (exact) mass is 451 g/mol. The first-order valence-electron chi connectivity index (χ1n) is 7.99. The van der Waals surface area contributed by atoms with Crippen molar-refractivity contribution in [1.29, 1.82) is 0 Å². The highest BCUT2D eigenvalue weighted by Gasteiger charge is 2.05. The van der Waals surface area contributed by atoms with Crippen molar-refractivity contribution in [1.82, 2.24) is 10.6 Å². The summed E-state index contributed by atoms with van der Waals surface area (Å²) in [6.07, 6.45) is 0.967. The van der Waals surface area contributed by atoms with Crippen molar-refractivity contribution >= 4 is 29.9 Å². The van der Waals surface area contributed by atoms with Crippen LogP contribution in [0.15, 0.2) is 35.3 Å². The molecule has 0 bridgehead atoms. The van der Waals surface area contributed by atoms with E-state index in [9.17, 15) is 0 Å². The van der Waals surface area contributed by atoms with E-state index in [-0.39, 0.29) is 30.1 Å². The van der Waals surface area contributed by atoms with Gasteiger partial charge in [-0.05, 0) is 25.5 Å². The molecule has 0 radical (unpaired) electrons. The van der Waals surface area contributed by atoms with Crippen LogP contribution >= 0.6 is 24.0 Å². The van der Waals surface area contributed by atoms with Gasteiger partial charge in [-0.1, -0.05) is 18.2 Å². The van der Waals surface area contributed by atoms with E-state index in [1.165, 1.54) is 0 Å². The molecule has 0 amide bonds. The molecule has 6 nitrogen and oxygen atoms in total. The van der Waals surface area contributed by atoms with Crippen LogP contribution in [0.25, 0.3) is 0 Å². The van der Waals surface area contributed by atoms with Crippen molar-refractivity contribution in [3.8, 4) is 5.75 Å². The topological polar surface area (TPSA) is 64.1 Å². The predicted molar refractivity (Wildman–Crippen MR) is 109 cm³/mol. The van der Waals surface area contributed by atoms with E-state index in [1.807, 2.05) is 37.3 Å². The molecule has 0 aromatic heterocycles. The number of halogens is 1. The maximum absolute atomic E-state index is 5.81. The molecule has 0 saturated heterocycles. The Labute approximate surface area is 162 Å². The van der Waals surface area contributed by atoms with E-state index >= 15 is 0 Å². The molecule has 0 saturated carbocycles. The van der Waals surface area contributed by atoms with Crippen LogP contribution in [0, 0.1) is 0 Å². The number of nitrogens with one attached hydrogen (secondary N) is 2. The molecule has 1 aromatic rings. The number of benzene rings is 1. The van der Waals surface area contributed by atoms with Gasteiger partial charge in [0, 0.05) is 27.3 Å². The normalized spacial score (nSPS) is 12.2. The third-order valence-corrected chi connectivity index (χ3v) is 3.05. The van der Waals surface area contributed by atoms with Gasteiger partial charge in [-0.3, -0.25) is 4.99 Å². The first kappa shape index (κ1) is 22.9. The van der Waals surface area contributed by atoms with Crippen LogP contribution in [0.1, 0.15) is 13.3 Å². The van der Waals surface area contributed by atoms with Gasteiger partial charge in [-0.25, -0.2) is 0 Å². The van der Waals surface area contributed by atoms with Crippen LogP contribution in [0.4, 0.5) is 0 Å². The molecule has 0 aliphatic carbocycles. The highest BCUT2D eigenvalue weighted by Crippen LogP contribution is 2.10. The van der Waals surface area contributed by atoms with Gasteiger partial charge in [0.1, 0.15) is 11.9 Å². The summed E-state index contributed by atoms with van der Waals surface area (Å²) in [5.41, 5.74) is 0. The Morgan fingerprint density at radius 2 is 1.88 bits per heavy atom. The minimum Gasteiger partial charge on any atom is -0.489 e. The fraction of sp³-hybridized carbons (Fsp3) is 0.588. The van der Waals surface area contributed by atoms with Crippen LogP contribution in [-0.2, 0) is 9.47 Å². The van der Waals surface area contributed by atoms with Gasteiger partial charge in [-0.2, -0.15) is 0 Å². The molecule has 0 heterocycles. The summed E-state index contributed by atoms with van der Waals surface area (Å²) in [6, 6.07) is 9.80. The summed E-state index contributed by atoms with van der Waals surface area (Å²) in [5.74, 6) is 1.64. The van der Waals surface area contributed by atoms with Crippen molar-refractivity contribution in [3.63, 3.8) is 0 Å². The van der Waals surface area contributed by atoms with Crippen LogP contribution in [-0.4, -0.2) is 59.1 Å². The van der Waals surface area contributed by atoms with Crippen LogP contribution in [0.2, 0.25) is 0 Å². The lowest BCUT2D eigenvalue weighted by Gasteiger charge is -2.17. The molecular formula is C17H30IN3O3. The molecule has 1 rings (SSSR count). The third-order valence-electron chi connectivity index (χ3n) is 3.05. The molecule has 0 aliphatic rings. The second-order valence-corrected chi connectivity index (χ2v) is 5.08. The minimum atomic E-state index is 0. The first-order chi connectivity index (χ1) is 11.3. The Bertz CT molecular complexity index is 432. The standard InChI is InChI=1S/C17H29N3O3.HI/c1-15(23-16-8-5-4-6-9-16)14-20-17(18-2)19-10-7-11-22-13-12-21-3;/h4-6,8-9,15H,7,10-14H2,1-3H3,(H2,18,19,20);1H. The van der Waals surface area contributed by atoms with Gasteiger partial charge < -0.3 is 24.8 Å². The summed E-state index contributed by atoms with van der Waals surface area (Å²) in [6.45, 7) is 5.49. The molecule has 1 atom stereocenters. The van der Waals surface area contributed by atoms with E-state index in [2.05, 4.69) is 15.6 Å². The van der Waals surface area contributed by atoms with Crippen LogP contribution in [0.3, 0.4) is 0 Å². The van der Waals surface area contributed by atoms with Gasteiger partial charge in [0.15, 0.2) is 5.96 Å². The zero-order chi connectivity index (χ0) is 16.8. The van der Waals surface area contributed by atoms with E-state index in [1.54, 1.807) is 14.2 Å². The molecular weight excluding hydrogens is 421 g/mol. The number of para-hydroxylation sites is 1. The molecule has 7 heteroatoms. The average molecular weight is 451 g/mol. The molecule has 2 N–H and O–H groups in total. The highest BCUT2D eigenvalue weighted by atomic mass is 127. The van der Waals surface area contributed by atoms with E-state index in [0.717, 1.165) is 24.7 Å². The summed E-state index contributed by atoms with van der Waals surface area (Å²) < 4.78 is 16.1. The SMILES string of the molecule is CN=C(NCCCOCCOC)NCC(C)Oc1ccccc1.I. The number of ether oxygens (including phenoxy) is 3. The summed E-state index contributed by atoms with van der Waals surface area (Å²) in [4.78, 5) is 4.19. The van der Waals surface area contributed by atoms with Gasteiger partial charge in [0.2, 0.25) is 0 Å². The van der Waals surface area contributed by atoms with Crippen LogP contribution < -0.4 is 15.4 Å². The van der Waals surface area contributed by atoms with E-state index < -0.39 is 0 Å². The average Bonchev–Trinajstić information content (AvgIpc) is 2.57. The second kappa shape index (κ2) is 15.5. The highest BCUT2D eigenvalue weighted by molar-refractivity contribution is 14.0. The number of hydrogen-bond acceptors (Lipinski definition) is 4. The number of aliphatic imine (C=N–C) groups is 1. The smallest absolute Gasteiger partial charge is 0.191 e. The third kappa shape index (κ3) is 11.5. The molecule has 0 aliphatic heterocycles. The molecule has 0 spiro atoms. The lowest BCUT2D eigenvalue weighted by Crippen LogP contribution is -2.42. The number of guanidine groups is 1.